The molecule has 6 heteroatoms. The first-order valence-electron chi connectivity index (χ1n) is 9.77. The van der Waals surface area contributed by atoms with E-state index in [1.807, 2.05) is 0 Å². The van der Waals surface area contributed by atoms with Crippen LogP contribution < -0.4 is 0 Å². The molecule has 2 saturated heterocycles. The van der Waals surface area contributed by atoms with Crippen LogP contribution in [0.1, 0.15) is 46.0 Å². The standard InChI is InChI=1S/C20H28O6/c1-9-10-4-5-11-19(8-10,14(9)22)16(24)26-17-20(11)12(21)6-7-18(2,3)13(20)15(23)25-17/h10-15,17,21-23H,1,4-8H2,2-3H3/t10-,11+,12+,13-,14-,15+,17+,19+,20+/m1/s1. The Labute approximate surface area is 153 Å². The predicted molar refractivity (Wildman–Crippen MR) is 90.3 cm³/mol. The van der Waals surface area contributed by atoms with E-state index in [1.165, 1.54) is 0 Å². The van der Waals surface area contributed by atoms with Gasteiger partial charge < -0.3 is 24.8 Å². The Morgan fingerprint density at radius 3 is 2.62 bits per heavy atom. The first-order chi connectivity index (χ1) is 12.2. The van der Waals surface area contributed by atoms with Gasteiger partial charge in [0.2, 0.25) is 6.29 Å². The summed E-state index contributed by atoms with van der Waals surface area (Å²) in [5, 5.41) is 33.0. The van der Waals surface area contributed by atoms with E-state index >= 15 is 0 Å². The molecule has 9 atom stereocenters. The highest BCUT2D eigenvalue weighted by Gasteiger charge is 2.79. The Kier molecular flexibility index (Phi) is 3.24. The SMILES string of the molecule is C=C1[C@@H]2CC[C@H]3[C@](C2)(C(=O)O[C@@H]2O[C@H](O)[C@@H]4C(C)(C)CC[C@H](O)[C@]243)[C@@H]1O. The molecule has 3 aliphatic carbocycles. The summed E-state index contributed by atoms with van der Waals surface area (Å²) in [5.41, 5.74) is -1.52. The summed E-state index contributed by atoms with van der Waals surface area (Å²) in [6, 6.07) is 0. The van der Waals surface area contributed by atoms with Gasteiger partial charge in [0.05, 0.1) is 17.6 Å². The number of aliphatic hydroxyl groups excluding tert-OH is 3. The van der Waals surface area contributed by atoms with Gasteiger partial charge in [-0.3, -0.25) is 4.79 Å². The molecular formula is C20H28O6. The van der Waals surface area contributed by atoms with Crippen LogP contribution in [0.3, 0.4) is 0 Å². The van der Waals surface area contributed by atoms with E-state index in [9.17, 15) is 20.1 Å². The molecule has 5 fully saturated rings. The average molecular weight is 364 g/mol. The maximum Gasteiger partial charge on any atom is 0.317 e. The molecule has 26 heavy (non-hydrogen) atoms. The van der Waals surface area contributed by atoms with Crippen molar-refractivity contribution in [3.05, 3.63) is 12.2 Å². The van der Waals surface area contributed by atoms with Crippen LogP contribution in [0, 0.1) is 34.0 Å². The van der Waals surface area contributed by atoms with Crippen LogP contribution in [-0.2, 0) is 14.3 Å². The van der Waals surface area contributed by atoms with Gasteiger partial charge in [0.1, 0.15) is 5.41 Å². The first kappa shape index (κ1) is 17.2. The molecule has 2 bridgehead atoms. The number of fused-ring (bicyclic) bond motifs is 1. The van der Waals surface area contributed by atoms with Crippen LogP contribution in [0.25, 0.3) is 0 Å². The molecular weight excluding hydrogens is 336 g/mol. The van der Waals surface area contributed by atoms with Crippen LogP contribution in [0.4, 0.5) is 0 Å². The van der Waals surface area contributed by atoms with Crippen LogP contribution in [0.5, 0.6) is 0 Å². The molecule has 2 heterocycles. The molecule has 0 aromatic carbocycles. The zero-order chi connectivity index (χ0) is 18.6. The summed E-state index contributed by atoms with van der Waals surface area (Å²) in [6.45, 7) is 8.21. The molecule has 2 spiro atoms. The minimum absolute atomic E-state index is 0.112. The highest BCUT2D eigenvalue weighted by Crippen LogP contribution is 2.73. The number of hydrogen-bond acceptors (Lipinski definition) is 6. The molecule has 2 aliphatic heterocycles. The van der Waals surface area contributed by atoms with Gasteiger partial charge in [-0.15, -0.1) is 0 Å². The van der Waals surface area contributed by atoms with Crippen LogP contribution in [0.15, 0.2) is 12.2 Å². The Hall–Kier alpha value is -0.950. The van der Waals surface area contributed by atoms with Gasteiger partial charge in [0.25, 0.3) is 0 Å². The number of hydrogen-bond donors (Lipinski definition) is 3. The first-order valence-corrected chi connectivity index (χ1v) is 9.77. The molecule has 0 unspecified atom stereocenters. The maximum absolute atomic E-state index is 13.1. The quantitative estimate of drug-likeness (QED) is 0.443. The van der Waals surface area contributed by atoms with Crippen molar-refractivity contribution in [3.63, 3.8) is 0 Å². The van der Waals surface area contributed by atoms with Gasteiger partial charge in [-0.2, -0.15) is 0 Å². The molecule has 0 amide bonds. The predicted octanol–water partition coefficient (Wildman–Crippen LogP) is 1.33. The lowest BCUT2D eigenvalue weighted by Gasteiger charge is -2.62. The summed E-state index contributed by atoms with van der Waals surface area (Å²) in [6.07, 6.45) is -0.369. The molecule has 0 radical (unpaired) electrons. The van der Waals surface area contributed by atoms with Crippen molar-refractivity contribution in [2.75, 3.05) is 0 Å². The second kappa shape index (κ2) is 4.90. The van der Waals surface area contributed by atoms with Gasteiger partial charge >= 0.3 is 5.97 Å². The van der Waals surface area contributed by atoms with E-state index in [-0.39, 0.29) is 23.2 Å². The van der Waals surface area contributed by atoms with Gasteiger partial charge in [-0.25, -0.2) is 0 Å². The Morgan fingerprint density at radius 1 is 1.15 bits per heavy atom. The Bertz CT molecular complexity index is 688. The molecule has 5 aliphatic rings. The monoisotopic (exact) mass is 364 g/mol. The maximum atomic E-state index is 13.1. The lowest BCUT2D eigenvalue weighted by Crippen LogP contribution is -2.69. The van der Waals surface area contributed by atoms with Crippen molar-refractivity contribution in [3.8, 4) is 0 Å². The van der Waals surface area contributed by atoms with Gasteiger partial charge in [0.15, 0.2) is 6.29 Å². The van der Waals surface area contributed by atoms with Crippen molar-refractivity contribution in [1.29, 1.82) is 0 Å². The number of carbonyl (C=O) groups is 1. The highest BCUT2D eigenvalue weighted by molar-refractivity contribution is 5.81. The largest absolute Gasteiger partial charge is 0.434 e. The van der Waals surface area contributed by atoms with E-state index < -0.39 is 41.6 Å². The number of ether oxygens (including phenoxy) is 2. The number of rotatable bonds is 0. The second-order valence-electron chi connectivity index (χ2n) is 9.83. The third-order valence-corrected chi connectivity index (χ3v) is 8.55. The number of carbonyl (C=O) groups excluding carboxylic acids is 1. The molecule has 3 saturated carbocycles. The topological polar surface area (TPSA) is 96.2 Å². The van der Waals surface area contributed by atoms with Crippen LogP contribution in [-0.4, -0.2) is 46.1 Å². The molecule has 144 valence electrons. The van der Waals surface area contributed by atoms with E-state index in [4.69, 9.17) is 9.47 Å². The smallest absolute Gasteiger partial charge is 0.317 e. The van der Waals surface area contributed by atoms with E-state index in [1.54, 1.807) is 0 Å². The minimum atomic E-state index is -1.09. The van der Waals surface area contributed by atoms with E-state index in [0.717, 1.165) is 12.8 Å². The Balaban J connectivity index is 1.73. The third-order valence-electron chi connectivity index (χ3n) is 8.55. The zero-order valence-corrected chi connectivity index (χ0v) is 15.4. The van der Waals surface area contributed by atoms with Crippen molar-refractivity contribution in [2.45, 2.75) is 70.7 Å². The van der Waals surface area contributed by atoms with Gasteiger partial charge in [-0.1, -0.05) is 20.4 Å². The lowest BCUT2D eigenvalue weighted by atomic mass is 9.44. The molecule has 0 aromatic rings. The van der Waals surface area contributed by atoms with Gasteiger partial charge in [-0.05, 0) is 54.9 Å². The van der Waals surface area contributed by atoms with Gasteiger partial charge in [0, 0.05) is 5.92 Å². The summed E-state index contributed by atoms with van der Waals surface area (Å²) in [7, 11) is 0. The van der Waals surface area contributed by atoms with Crippen LogP contribution in [0.2, 0.25) is 0 Å². The zero-order valence-electron chi connectivity index (χ0n) is 15.4. The fourth-order valence-corrected chi connectivity index (χ4v) is 7.49. The normalized spacial score (nSPS) is 57.2. The second-order valence-corrected chi connectivity index (χ2v) is 9.83. The highest BCUT2D eigenvalue weighted by atomic mass is 16.8. The van der Waals surface area contributed by atoms with E-state index in [2.05, 4.69) is 20.4 Å². The van der Waals surface area contributed by atoms with Crippen molar-refractivity contribution in [1.82, 2.24) is 0 Å². The summed E-state index contributed by atoms with van der Waals surface area (Å²) < 4.78 is 11.5. The van der Waals surface area contributed by atoms with Crippen LogP contribution >= 0.6 is 0 Å². The number of aliphatic hydroxyl groups is 3. The minimum Gasteiger partial charge on any atom is -0.434 e. The fraction of sp³-hybridized carbons (Fsp3) is 0.850. The molecule has 3 N–H and O–H groups in total. The molecule has 5 rings (SSSR count). The summed E-state index contributed by atoms with van der Waals surface area (Å²) in [4.78, 5) is 13.1. The lowest BCUT2D eigenvalue weighted by molar-refractivity contribution is -0.288. The summed E-state index contributed by atoms with van der Waals surface area (Å²) >= 11 is 0. The van der Waals surface area contributed by atoms with E-state index in [0.29, 0.717) is 24.8 Å². The molecule has 0 aromatic heterocycles. The van der Waals surface area contributed by atoms with Crippen molar-refractivity contribution >= 4 is 5.97 Å². The fourth-order valence-electron chi connectivity index (χ4n) is 7.49. The molecule has 6 nitrogen and oxygen atoms in total. The van der Waals surface area contributed by atoms with Crippen molar-refractivity contribution in [2.24, 2.45) is 34.0 Å². The summed E-state index contributed by atoms with van der Waals surface area (Å²) in [5.74, 6) is -0.988. The average Bonchev–Trinajstić information content (AvgIpc) is 2.99. The number of esters is 1. The third kappa shape index (κ3) is 1.62. The van der Waals surface area contributed by atoms with Crippen molar-refractivity contribution < 1.29 is 29.6 Å². The Morgan fingerprint density at radius 2 is 1.88 bits per heavy atom.